The summed E-state index contributed by atoms with van der Waals surface area (Å²) in [5, 5.41) is 0. The quantitative estimate of drug-likeness (QED) is 0.625. The van der Waals surface area contributed by atoms with Crippen LogP contribution < -0.4 is 4.74 Å². The average Bonchev–Trinajstić information content (AvgIpc) is 2.57. The molecule has 2 aromatic rings. The molecule has 3 rings (SSSR count). The predicted octanol–water partition coefficient (Wildman–Crippen LogP) is 4.17. The number of hydrogen-bond acceptors (Lipinski definition) is 3. The highest BCUT2D eigenvalue weighted by atomic mass is 16.5. The Morgan fingerprint density at radius 1 is 1.12 bits per heavy atom. The molecule has 0 aliphatic carbocycles. The van der Waals surface area contributed by atoms with Crippen LogP contribution in [0.2, 0.25) is 0 Å². The molecule has 0 saturated carbocycles. The highest BCUT2D eigenvalue weighted by Crippen LogP contribution is 2.30. The van der Waals surface area contributed by atoms with Gasteiger partial charge in [-0.05, 0) is 56.0 Å². The van der Waals surface area contributed by atoms with Gasteiger partial charge >= 0.3 is 5.97 Å². The zero-order chi connectivity index (χ0) is 16.9. The third kappa shape index (κ3) is 4.24. The second-order valence-corrected chi connectivity index (χ2v) is 6.77. The molecular weight excluding hydrogens is 298 g/mol. The van der Waals surface area contributed by atoms with E-state index >= 15 is 0 Å². The molecule has 3 nitrogen and oxygen atoms in total. The zero-order valence-corrected chi connectivity index (χ0v) is 14.4. The van der Waals surface area contributed by atoms with Crippen molar-refractivity contribution < 1.29 is 9.53 Å². The number of piperidine rings is 1. The Morgan fingerprint density at radius 3 is 2.62 bits per heavy atom. The molecule has 1 aliphatic heterocycles. The van der Waals surface area contributed by atoms with E-state index in [2.05, 4.69) is 42.3 Å². The van der Waals surface area contributed by atoms with Gasteiger partial charge in [0.25, 0.3) is 0 Å². The van der Waals surface area contributed by atoms with Crippen molar-refractivity contribution in [1.82, 2.24) is 4.90 Å². The number of likely N-dealkylation sites (tertiary alicyclic amines) is 1. The summed E-state index contributed by atoms with van der Waals surface area (Å²) in [4.78, 5) is 14.5. The number of benzene rings is 2. The number of carbonyl (C=O) groups excluding carboxylic acids is 1. The van der Waals surface area contributed by atoms with Crippen molar-refractivity contribution in [3.63, 3.8) is 0 Å². The van der Waals surface area contributed by atoms with Crippen LogP contribution >= 0.6 is 0 Å². The SMILES string of the molecule is Cc1cccc(OC(=O)C[C@H]2CC[C@@H](c3ccccc3)CN2C)c1. The number of hydrogen-bond donors (Lipinski definition) is 0. The lowest BCUT2D eigenvalue weighted by Crippen LogP contribution is -2.41. The number of rotatable bonds is 4. The van der Waals surface area contributed by atoms with Crippen LogP contribution in [0.3, 0.4) is 0 Å². The minimum Gasteiger partial charge on any atom is -0.426 e. The normalized spacial score (nSPS) is 21.4. The molecular formula is C21H25NO2. The van der Waals surface area contributed by atoms with Crippen LogP contribution in [0.5, 0.6) is 5.75 Å². The zero-order valence-electron chi connectivity index (χ0n) is 14.4. The maximum absolute atomic E-state index is 12.2. The monoisotopic (exact) mass is 323 g/mol. The second kappa shape index (κ2) is 7.63. The van der Waals surface area contributed by atoms with Crippen molar-refractivity contribution in [1.29, 1.82) is 0 Å². The summed E-state index contributed by atoms with van der Waals surface area (Å²) in [7, 11) is 2.11. The van der Waals surface area contributed by atoms with Gasteiger partial charge < -0.3 is 9.64 Å². The van der Waals surface area contributed by atoms with E-state index in [9.17, 15) is 4.79 Å². The van der Waals surface area contributed by atoms with E-state index in [1.165, 1.54) is 5.56 Å². The highest BCUT2D eigenvalue weighted by molar-refractivity contribution is 5.73. The molecule has 0 bridgehead atoms. The maximum atomic E-state index is 12.2. The van der Waals surface area contributed by atoms with E-state index in [-0.39, 0.29) is 12.0 Å². The van der Waals surface area contributed by atoms with Gasteiger partial charge in [-0.2, -0.15) is 0 Å². The minimum absolute atomic E-state index is 0.143. The van der Waals surface area contributed by atoms with Crippen LogP contribution in [-0.4, -0.2) is 30.5 Å². The first-order valence-corrected chi connectivity index (χ1v) is 8.64. The fourth-order valence-corrected chi connectivity index (χ4v) is 3.50. The number of nitrogens with zero attached hydrogens (tertiary/aromatic N) is 1. The molecule has 0 amide bonds. The van der Waals surface area contributed by atoms with Crippen molar-refractivity contribution >= 4 is 5.97 Å². The second-order valence-electron chi connectivity index (χ2n) is 6.77. The summed E-state index contributed by atoms with van der Waals surface area (Å²) < 4.78 is 5.49. The number of esters is 1. The van der Waals surface area contributed by atoms with Crippen LogP contribution in [0.25, 0.3) is 0 Å². The summed E-state index contributed by atoms with van der Waals surface area (Å²) >= 11 is 0. The summed E-state index contributed by atoms with van der Waals surface area (Å²) in [6.07, 6.45) is 2.60. The topological polar surface area (TPSA) is 29.5 Å². The molecule has 2 aromatic carbocycles. The van der Waals surface area contributed by atoms with Gasteiger partial charge in [0, 0.05) is 12.6 Å². The Balaban J connectivity index is 1.54. The van der Waals surface area contributed by atoms with Gasteiger partial charge in [0.1, 0.15) is 5.75 Å². The van der Waals surface area contributed by atoms with Crippen LogP contribution in [0.1, 0.15) is 36.3 Å². The third-order valence-corrected chi connectivity index (χ3v) is 4.87. The highest BCUT2D eigenvalue weighted by Gasteiger charge is 2.28. The molecule has 0 spiro atoms. The lowest BCUT2D eigenvalue weighted by Gasteiger charge is -2.37. The molecule has 0 unspecified atom stereocenters. The molecule has 24 heavy (non-hydrogen) atoms. The first-order valence-electron chi connectivity index (χ1n) is 8.64. The molecule has 1 fully saturated rings. The van der Waals surface area contributed by atoms with Crippen molar-refractivity contribution in [3.8, 4) is 5.75 Å². The minimum atomic E-state index is -0.143. The van der Waals surface area contributed by atoms with Crippen molar-refractivity contribution in [2.45, 2.75) is 38.1 Å². The Labute approximate surface area is 144 Å². The summed E-state index contributed by atoms with van der Waals surface area (Å²) in [5.41, 5.74) is 2.49. The van der Waals surface area contributed by atoms with E-state index in [0.29, 0.717) is 18.1 Å². The van der Waals surface area contributed by atoms with E-state index in [1.54, 1.807) is 0 Å². The molecule has 1 aliphatic rings. The van der Waals surface area contributed by atoms with Gasteiger partial charge in [-0.25, -0.2) is 0 Å². The number of aryl methyl sites for hydroxylation is 1. The van der Waals surface area contributed by atoms with E-state index < -0.39 is 0 Å². The van der Waals surface area contributed by atoms with Gasteiger partial charge in [0.05, 0.1) is 6.42 Å². The van der Waals surface area contributed by atoms with Gasteiger partial charge in [-0.15, -0.1) is 0 Å². The molecule has 3 heteroatoms. The summed E-state index contributed by atoms with van der Waals surface area (Å²) in [6.45, 7) is 2.99. The van der Waals surface area contributed by atoms with Crippen molar-refractivity contribution in [2.75, 3.05) is 13.6 Å². The standard InChI is InChI=1S/C21H25NO2/c1-16-7-6-10-20(13-16)24-21(23)14-19-12-11-18(15-22(19)2)17-8-4-3-5-9-17/h3-10,13,18-19H,11-12,14-15H2,1-2H3/t18-,19-/m1/s1. The van der Waals surface area contributed by atoms with Crippen LogP contribution in [-0.2, 0) is 4.79 Å². The Morgan fingerprint density at radius 2 is 1.92 bits per heavy atom. The fraction of sp³-hybridized carbons (Fsp3) is 0.381. The predicted molar refractivity (Wildman–Crippen MR) is 96.3 cm³/mol. The van der Waals surface area contributed by atoms with Gasteiger partial charge in [-0.1, -0.05) is 42.5 Å². The van der Waals surface area contributed by atoms with Crippen molar-refractivity contribution in [3.05, 3.63) is 65.7 Å². The fourth-order valence-electron chi connectivity index (χ4n) is 3.50. The van der Waals surface area contributed by atoms with E-state index in [0.717, 1.165) is 24.9 Å². The molecule has 0 N–H and O–H groups in total. The Bertz CT molecular complexity index is 683. The molecule has 2 atom stereocenters. The lowest BCUT2D eigenvalue weighted by molar-refractivity contribution is -0.136. The van der Waals surface area contributed by atoms with Gasteiger partial charge in [0.15, 0.2) is 0 Å². The molecule has 1 saturated heterocycles. The molecule has 0 radical (unpaired) electrons. The van der Waals surface area contributed by atoms with Gasteiger partial charge in [0.2, 0.25) is 0 Å². The average molecular weight is 323 g/mol. The number of ether oxygens (including phenoxy) is 1. The maximum Gasteiger partial charge on any atom is 0.312 e. The Hall–Kier alpha value is -2.13. The van der Waals surface area contributed by atoms with Gasteiger partial charge in [-0.3, -0.25) is 4.79 Å². The van der Waals surface area contributed by atoms with Crippen LogP contribution in [0, 0.1) is 6.92 Å². The van der Waals surface area contributed by atoms with E-state index in [4.69, 9.17) is 4.74 Å². The molecule has 126 valence electrons. The largest absolute Gasteiger partial charge is 0.426 e. The van der Waals surface area contributed by atoms with Crippen LogP contribution in [0.4, 0.5) is 0 Å². The van der Waals surface area contributed by atoms with E-state index in [1.807, 2.05) is 31.2 Å². The number of carbonyl (C=O) groups is 1. The van der Waals surface area contributed by atoms with Crippen LogP contribution in [0.15, 0.2) is 54.6 Å². The lowest BCUT2D eigenvalue weighted by atomic mass is 9.87. The van der Waals surface area contributed by atoms with Crippen molar-refractivity contribution in [2.24, 2.45) is 0 Å². The number of likely N-dealkylation sites (N-methyl/N-ethyl adjacent to an activating group) is 1. The summed E-state index contributed by atoms with van der Waals surface area (Å²) in [5.74, 6) is 1.05. The first-order chi connectivity index (χ1) is 11.6. The third-order valence-electron chi connectivity index (χ3n) is 4.87. The Kier molecular flexibility index (Phi) is 5.31. The molecule has 1 heterocycles. The molecule has 0 aromatic heterocycles. The summed E-state index contributed by atoms with van der Waals surface area (Å²) in [6, 6.07) is 18.6. The smallest absolute Gasteiger partial charge is 0.312 e. The first kappa shape index (κ1) is 16.7.